The van der Waals surface area contributed by atoms with Gasteiger partial charge in [-0.1, -0.05) is 29.4 Å². The Hall–Kier alpha value is -3.27. The summed E-state index contributed by atoms with van der Waals surface area (Å²) in [6.45, 7) is 6.66. The van der Waals surface area contributed by atoms with E-state index in [0.29, 0.717) is 50.7 Å². The number of ether oxygens (including phenoxy) is 1. The number of hydrogen-bond acceptors (Lipinski definition) is 8. The maximum atomic E-state index is 13.7. The number of nitrogens with zero attached hydrogens (tertiary/aromatic N) is 5. The molecule has 0 aliphatic carbocycles. The molecule has 3 amide bonds. The second kappa shape index (κ2) is 9.92. The minimum absolute atomic E-state index is 0.000816. The lowest BCUT2D eigenvalue weighted by Gasteiger charge is -2.37. The second-order valence-corrected chi connectivity index (χ2v) is 8.99. The third kappa shape index (κ3) is 4.42. The SMILES string of the molecule is COCCCN1C(=O)CC(CC(=O)N2CCN(c3nonc3C)CC2)(c2ccccc2C)C1=O. The third-order valence-corrected chi connectivity index (χ3v) is 6.81. The molecule has 182 valence electrons. The summed E-state index contributed by atoms with van der Waals surface area (Å²) in [5.41, 5.74) is 1.17. The van der Waals surface area contributed by atoms with Crippen molar-refractivity contribution in [2.24, 2.45) is 0 Å². The van der Waals surface area contributed by atoms with Gasteiger partial charge in [0.1, 0.15) is 5.69 Å². The Kier molecular flexibility index (Phi) is 6.97. The van der Waals surface area contributed by atoms with Crippen molar-refractivity contribution in [1.82, 2.24) is 20.1 Å². The van der Waals surface area contributed by atoms with Crippen LogP contribution in [0.5, 0.6) is 0 Å². The number of aromatic nitrogens is 2. The summed E-state index contributed by atoms with van der Waals surface area (Å²) in [6.07, 6.45) is 0.525. The number of hydrogen-bond donors (Lipinski definition) is 0. The molecule has 2 aromatic rings. The third-order valence-electron chi connectivity index (χ3n) is 6.81. The number of likely N-dealkylation sites (tertiary alicyclic amines) is 1. The molecule has 1 unspecified atom stereocenters. The van der Waals surface area contributed by atoms with E-state index >= 15 is 0 Å². The van der Waals surface area contributed by atoms with E-state index in [1.165, 1.54) is 4.90 Å². The molecular formula is C24H31N5O5. The van der Waals surface area contributed by atoms with Crippen LogP contribution < -0.4 is 4.90 Å². The lowest BCUT2D eigenvalue weighted by atomic mass is 9.74. The molecule has 10 heteroatoms. The van der Waals surface area contributed by atoms with Crippen molar-refractivity contribution in [2.75, 3.05) is 51.3 Å². The number of piperazine rings is 1. The number of aryl methyl sites for hydroxylation is 2. The highest BCUT2D eigenvalue weighted by molar-refractivity contribution is 6.11. The van der Waals surface area contributed by atoms with Gasteiger partial charge in [-0.15, -0.1) is 0 Å². The number of rotatable bonds is 8. The largest absolute Gasteiger partial charge is 0.385 e. The normalized spacial score (nSPS) is 21.0. The molecule has 0 spiro atoms. The van der Waals surface area contributed by atoms with E-state index in [-0.39, 0.29) is 37.1 Å². The maximum Gasteiger partial charge on any atom is 0.240 e. The quantitative estimate of drug-likeness (QED) is 0.422. The summed E-state index contributed by atoms with van der Waals surface area (Å²) >= 11 is 0. The van der Waals surface area contributed by atoms with E-state index in [9.17, 15) is 14.4 Å². The fourth-order valence-corrected chi connectivity index (χ4v) is 5.00. The molecule has 2 fully saturated rings. The minimum Gasteiger partial charge on any atom is -0.385 e. The lowest BCUT2D eigenvalue weighted by Crippen LogP contribution is -2.51. The van der Waals surface area contributed by atoms with Crippen LogP contribution in [0.2, 0.25) is 0 Å². The van der Waals surface area contributed by atoms with Gasteiger partial charge in [-0.05, 0) is 36.6 Å². The van der Waals surface area contributed by atoms with Crippen molar-refractivity contribution in [2.45, 2.75) is 38.5 Å². The first-order valence-corrected chi connectivity index (χ1v) is 11.6. The molecular weight excluding hydrogens is 438 g/mol. The second-order valence-electron chi connectivity index (χ2n) is 8.99. The molecule has 2 aliphatic rings. The van der Waals surface area contributed by atoms with Gasteiger partial charge < -0.3 is 14.5 Å². The highest BCUT2D eigenvalue weighted by Crippen LogP contribution is 2.42. The van der Waals surface area contributed by atoms with Gasteiger partial charge >= 0.3 is 0 Å². The average molecular weight is 470 g/mol. The van der Waals surface area contributed by atoms with Crippen LogP contribution in [0, 0.1) is 13.8 Å². The van der Waals surface area contributed by atoms with Crippen molar-refractivity contribution < 1.29 is 23.7 Å². The summed E-state index contributed by atoms with van der Waals surface area (Å²) in [5.74, 6) is 0.0275. The smallest absolute Gasteiger partial charge is 0.240 e. The fourth-order valence-electron chi connectivity index (χ4n) is 5.00. The van der Waals surface area contributed by atoms with Gasteiger partial charge in [0.15, 0.2) is 5.82 Å². The van der Waals surface area contributed by atoms with E-state index < -0.39 is 5.41 Å². The van der Waals surface area contributed by atoms with Crippen molar-refractivity contribution in [1.29, 1.82) is 0 Å². The number of carbonyl (C=O) groups excluding carboxylic acids is 3. The van der Waals surface area contributed by atoms with E-state index in [1.54, 1.807) is 12.0 Å². The fraction of sp³-hybridized carbons (Fsp3) is 0.542. The van der Waals surface area contributed by atoms with Crippen LogP contribution in [-0.4, -0.2) is 84.3 Å². The Morgan fingerprint density at radius 1 is 1.12 bits per heavy atom. The van der Waals surface area contributed by atoms with Crippen molar-refractivity contribution in [3.63, 3.8) is 0 Å². The standard InChI is InChI=1S/C24H31N5O5/c1-17-7-4-5-8-19(17)24(16-21(31)29(23(24)32)9-6-14-33-3)15-20(30)27-10-12-28(13-11-27)22-18(2)25-34-26-22/h4-5,7-8H,6,9-16H2,1-3H3. The molecule has 0 saturated carbocycles. The van der Waals surface area contributed by atoms with Crippen LogP contribution in [0.1, 0.15) is 36.1 Å². The molecule has 2 saturated heterocycles. The molecule has 0 radical (unpaired) electrons. The van der Waals surface area contributed by atoms with Gasteiger partial charge in [-0.3, -0.25) is 19.3 Å². The Balaban J connectivity index is 1.54. The number of amides is 3. The summed E-state index contributed by atoms with van der Waals surface area (Å²) in [5, 5.41) is 7.77. The molecule has 1 atom stereocenters. The maximum absolute atomic E-state index is 13.7. The number of carbonyl (C=O) groups is 3. The zero-order valence-electron chi connectivity index (χ0n) is 20.0. The van der Waals surface area contributed by atoms with Crippen LogP contribution >= 0.6 is 0 Å². The Morgan fingerprint density at radius 2 is 1.85 bits per heavy atom. The first-order chi connectivity index (χ1) is 16.4. The van der Waals surface area contributed by atoms with Crippen LogP contribution in [0.4, 0.5) is 5.82 Å². The van der Waals surface area contributed by atoms with E-state index in [1.807, 2.05) is 43.0 Å². The first-order valence-electron chi connectivity index (χ1n) is 11.6. The molecule has 1 aromatic heterocycles. The number of benzene rings is 1. The van der Waals surface area contributed by atoms with Crippen molar-refractivity contribution in [3.05, 3.63) is 41.1 Å². The molecule has 0 bridgehead atoms. The predicted octanol–water partition coefficient (Wildman–Crippen LogP) is 1.46. The Bertz CT molecular complexity index is 1060. The minimum atomic E-state index is -1.18. The number of imide groups is 1. The first kappa shape index (κ1) is 23.9. The van der Waals surface area contributed by atoms with Gasteiger partial charge in [0, 0.05) is 59.3 Å². The van der Waals surface area contributed by atoms with Crippen molar-refractivity contribution in [3.8, 4) is 0 Å². The molecule has 0 N–H and O–H groups in total. The molecule has 10 nitrogen and oxygen atoms in total. The summed E-state index contributed by atoms with van der Waals surface area (Å²) in [6, 6.07) is 7.53. The Morgan fingerprint density at radius 3 is 2.50 bits per heavy atom. The van der Waals surface area contributed by atoms with Gasteiger partial charge in [-0.2, -0.15) is 0 Å². The molecule has 3 heterocycles. The molecule has 4 rings (SSSR count). The highest BCUT2D eigenvalue weighted by Gasteiger charge is 2.54. The summed E-state index contributed by atoms with van der Waals surface area (Å²) in [7, 11) is 1.59. The van der Waals surface area contributed by atoms with Crippen LogP contribution in [0.15, 0.2) is 28.9 Å². The molecule has 1 aromatic carbocycles. The monoisotopic (exact) mass is 469 g/mol. The van der Waals surface area contributed by atoms with Gasteiger partial charge in [0.05, 0.1) is 5.41 Å². The number of methoxy groups -OCH3 is 1. The zero-order valence-corrected chi connectivity index (χ0v) is 20.0. The van der Waals surface area contributed by atoms with E-state index in [0.717, 1.165) is 11.1 Å². The predicted molar refractivity (Wildman–Crippen MR) is 123 cm³/mol. The average Bonchev–Trinajstić information content (AvgIpc) is 3.36. The molecule has 34 heavy (non-hydrogen) atoms. The van der Waals surface area contributed by atoms with Crippen molar-refractivity contribution >= 4 is 23.5 Å². The summed E-state index contributed by atoms with van der Waals surface area (Å²) in [4.78, 5) is 45.3. The topological polar surface area (TPSA) is 109 Å². The van der Waals surface area contributed by atoms with Crippen LogP contribution in [0.3, 0.4) is 0 Å². The van der Waals surface area contributed by atoms with Crippen LogP contribution in [-0.2, 0) is 24.5 Å². The van der Waals surface area contributed by atoms with Gasteiger partial charge in [-0.25, -0.2) is 4.63 Å². The molecule has 2 aliphatic heterocycles. The number of anilines is 1. The van der Waals surface area contributed by atoms with Gasteiger partial charge in [0.25, 0.3) is 0 Å². The van der Waals surface area contributed by atoms with Gasteiger partial charge in [0.2, 0.25) is 17.7 Å². The zero-order chi connectivity index (χ0) is 24.3. The van der Waals surface area contributed by atoms with E-state index in [2.05, 4.69) is 10.3 Å². The van der Waals surface area contributed by atoms with E-state index in [4.69, 9.17) is 9.37 Å². The summed E-state index contributed by atoms with van der Waals surface area (Å²) < 4.78 is 9.88. The highest BCUT2D eigenvalue weighted by atomic mass is 16.6. The Labute approximate surface area is 198 Å². The lowest BCUT2D eigenvalue weighted by molar-refractivity contribution is -0.143. The van der Waals surface area contributed by atoms with Crippen LogP contribution in [0.25, 0.3) is 0 Å².